The van der Waals surface area contributed by atoms with Gasteiger partial charge in [0.1, 0.15) is 12.0 Å². The number of aliphatic hydroxyl groups excluding tert-OH is 1. The number of hydrogen-bond acceptors (Lipinski definition) is 5. The van der Waals surface area contributed by atoms with E-state index in [2.05, 4.69) is 24.0 Å². The van der Waals surface area contributed by atoms with E-state index >= 15 is 0 Å². The second-order valence-corrected chi connectivity index (χ2v) is 7.08. The number of hydrogen-bond donors (Lipinski definition) is 1. The smallest absolute Gasteiger partial charge is 0.353 e. The molecule has 1 saturated heterocycles. The third kappa shape index (κ3) is 3.68. The summed E-state index contributed by atoms with van der Waals surface area (Å²) in [4.78, 5) is 16.4. The van der Waals surface area contributed by atoms with Gasteiger partial charge in [0.15, 0.2) is 0 Å². The largest absolute Gasteiger partial charge is 0.437 e. The van der Waals surface area contributed by atoms with Crippen LogP contribution in [-0.4, -0.2) is 27.4 Å². The van der Waals surface area contributed by atoms with Gasteiger partial charge in [-0.1, -0.05) is 37.6 Å². The fourth-order valence-electron chi connectivity index (χ4n) is 3.52. The van der Waals surface area contributed by atoms with Crippen LogP contribution in [0.4, 0.5) is 0 Å². The molecule has 1 N–H and O–H groups in total. The van der Waals surface area contributed by atoms with Gasteiger partial charge in [0.2, 0.25) is 5.71 Å². The van der Waals surface area contributed by atoms with E-state index in [-0.39, 0.29) is 18.9 Å². The van der Waals surface area contributed by atoms with Crippen LogP contribution in [0, 0.1) is 0 Å². The van der Waals surface area contributed by atoms with Gasteiger partial charge >= 0.3 is 5.69 Å². The molecule has 1 fully saturated rings. The summed E-state index contributed by atoms with van der Waals surface area (Å²) >= 11 is 0. The third-order valence-corrected chi connectivity index (χ3v) is 5.09. The highest BCUT2D eigenvalue weighted by Gasteiger charge is 2.27. The zero-order valence-corrected chi connectivity index (χ0v) is 15.4. The topological polar surface area (TPSA) is 77.5 Å². The van der Waals surface area contributed by atoms with E-state index < -0.39 is 5.69 Å². The van der Waals surface area contributed by atoms with Crippen molar-refractivity contribution in [2.75, 3.05) is 6.61 Å². The predicted octanol–water partition coefficient (Wildman–Crippen LogP) is 3.67. The summed E-state index contributed by atoms with van der Waals surface area (Å²) < 4.78 is 13.0. The van der Waals surface area contributed by atoms with Crippen molar-refractivity contribution >= 4 is 11.1 Å². The van der Waals surface area contributed by atoms with Gasteiger partial charge in [-0.3, -0.25) is 4.57 Å². The van der Waals surface area contributed by atoms with E-state index in [9.17, 15) is 9.90 Å². The lowest BCUT2D eigenvalue weighted by molar-refractivity contribution is -0.0243. The van der Waals surface area contributed by atoms with Crippen molar-refractivity contribution in [2.24, 2.45) is 0 Å². The lowest BCUT2D eigenvalue weighted by Gasteiger charge is -2.14. The summed E-state index contributed by atoms with van der Waals surface area (Å²) in [6.07, 6.45) is 5.98. The molecule has 2 aromatic heterocycles. The normalized spacial score (nSPS) is 19.8. The molecular weight excluding hydrogens is 344 g/mol. The number of benzene rings is 1. The zero-order valence-electron chi connectivity index (χ0n) is 15.4. The van der Waals surface area contributed by atoms with Gasteiger partial charge in [0.25, 0.3) is 0 Å². The van der Waals surface area contributed by atoms with Gasteiger partial charge in [0.05, 0.1) is 18.1 Å². The number of furan rings is 1. The molecule has 2 atom stereocenters. The van der Waals surface area contributed by atoms with Crippen molar-refractivity contribution in [2.45, 2.75) is 51.4 Å². The Morgan fingerprint density at radius 1 is 1.26 bits per heavy atom. The first-order valence-corrected chi connectivity index (χ1v) is 9.56. The second kappa shape index (κ2) is 7.66. The number of unbranched alkanes of at least 4 members (excludes halogenated alkanes) is 1. The van der Waals surface area contributed by atoms with E-state index in [4.69, 9.17) is 9.15 Å². The van der Waals surface area contributed by atoms with Gasteiger partial charge in [-0.25, -0.2) is 4.79 Å². The first-order chi connectivity index (χ1) is 13.2. The first kappa shape index (κ1) is 17.9. The van der Waals surface area contributed by atoms with Crippen LogP contribution in [0.5, 0.6) is 0 Å². The summed E-state index contributed by atoms with van der Waals surface area (Å²) in [5, 5.41) is 9.99. The summed E-state index contributed by atoms with van der Waals surface area (Å²) in [7, 11) is 0. The predicted molar refractivity (Wildman–Crippen MR) is 103 cm³/mol. The van der Waals surface area contributed by atoms with E-state index in [1.54, 1.807) is 6.20 Å². The van der Waals surface area contributed by atoms with Crippen molar-refractivity contribution in [3.63, 3.8) is 0 Å². The fraction of sp³-hybridized carbons (Fsp3) is 0.429. The molecule has 3 heterocycles. The molecule has 0 unspecified atom stereocenters. The van der Waals surface area contributed by atoms with Crippen LogP contribution >= 0.6 is 0 Å². The maximum atomic E-state index is 12.4. The summed E-state index contributed by atoms with van der Waals surface area (Å²) in [5.74, 6) is 0.692. The number of fused-ring (bicyclic) bond motifs is 1. The van der Waals surface area contributed by atoms with Crippen LogP contribution in [0.1, 0.15) is 44.4 Å². The number of rotatable bonds is 6. The van der Waals surface area contributed by atoms with Crippen LogP contribution in [0.25, 0.3) is 22.4 Å². The molecule has 6 heteroatoms. The van der Waals surface area contributed by atoms with Crippen molar-refractivity contribution in [3.8, 4) is 11.3 Å². The molecule has 0 spiro atoms. The van der Waals surface area contributed by atoms with Crippen LogP contribution in [0.2, 0.25) is 0 Å². The Balaban J connectivity index is 1.62. The molecule has 0 saturated carbocycles. The molecule has 0 amide bonds. The Hall–Kier alpha value is -2.44. The van der Waals surface area contributed by atoms with Gasteiger partial charge in [-0.05, 0) is 37.3 Å². The molecular formula is C21H24N2O4. The van der Waals surface area contributed by atoms with Gasteiger partial charge in [-0.2, -0.15) is 4.98 Å². The molecule has 6 nitrogen and oxygen atoms in total. The van der Waals surface area contributed by atoms with Gasteiger partial charge in [0, 0.05) is 11.8 Å². The van der Waals surface area contributed by atoms with Crippen LogP contribution in [0.15, 0.2) is 45.7 Å². The van der Waals surface area contributed by atoms with Crippen molar-refractivity contribution in [3.05, 3.63) is 52.6 Å². The SMILES string of the molecule is CCCCc1ccc(-c2cc3cn([C@@H]4CC[C@H](CO)O4)c(=O)nc3o2)cc1. The Kier molecular flexibility index (Phi) is 5.09. The average molecular weight is 368 g/mol. The number of ether oxygens (including phenoxy) is 1. The van der Waals surface area contributed by atoms with E-state index in [1.165, 1.54) is 23.0 Å². The van der Waals surface area contributed by atoms with Crippen molar-refractivity contribution < 1.29 is 14.3 Å². The Morgan fingerprint density at radius 3 is 2.78 bits per heavy atom. The zero-order chi connectivity index (χ0) is 18.8. The van der Waals surface area contributed by atoms with Gasteiger partial charge < -0.3 is 14.3 Å². The molecule has 0 radical (unpaired) electrons. The monoisotopic (exact) mass is 368 g/mol. The molecule has 0 bridgehead atoms. The van der Waals surface area contributed by atoms with Gasteiger partial charge in [-0.15, -0.1) is 0 Å². The number of aryl methyl sites for hydroxylation is 1. The molecule has 4 rings (SSSR count). The summed E-state index contributed by atoms with van der Waals surface area (Å²) in [6, 6.07) is 10.2. The van der Waals surface area contributed by atoms with Crippen LogP contribution in [-0.2, 0) is 11.2 Å². The average Bonchev–Trinajstić information content (AvgIpc) is 3.32. The lowest BCUT2D eigenvalue weighted by Crippen LogP contribution is -2.27. The van der Waals surface area contributed by atoms with Crippen molar-refractivity contribution in [1.82, 2.24) is 9.55 Å². The second-order valence-electron chi connectivity index (χ2n) is 7.08. The molecule has 3 aromatic rings. The molecule has 1 aliphatic heterocycles. The number of aromatic nitrogens is 2. The van der Waals surface area contributed by atoms with Crippen molar-refractivity contribution in [1.29, 1.82) is 0 Å². The molecule has 142 valence electrons. The number of aliphatic hydroxyl groups is 1. The standard InChI is InChI=1S/C21H24N2O4/c1-2-3-4-14-5-7-15(8-6-14)18-11-16-12-23(21(25)22-20(16)27-18)19-10-9-17(13-24)26-19/h5-8,11-12,17,19,24H,2-4,9-10,13H2,1H3/t17-,19+/m1/s1. The van der Waals surface area contributed by atoms with E-state index in [0.717, 1.165) is 23.8 Å². The quantitative estimate of drug-likeness (QED) is 0.718. The molecule has 1 aromatic carbocycles. The number of nitrogens with zero attached hydrogens (tertiary/aromatic N) is 2. The minimum absolute atomic E-state index is 0.0367. The highest BCUT2D eigenvalue weighted by Crippen LogP contribution is 2.30. The van der Waals surface area contributed by atoms with E-state index in [0.29, 0.717) is 17.9 Å². The highest BCUT2D eigenvalue weighted by atomic mass is 16.5. The van der Waals surface area contributed by atoms with Crippen LogP contribution in [0.3, 0.4) is 0 Å². The van der Waals surface area contributed by atoms with Crippen LogP contribution < -0.4 is 5.69 Å². The minimum atomic E-state index is -0.401. The fourth-order valence-corrected chi connectivity index (χ4v) is 3.52. The Morgan fingerprint density at radius 2 is 2.07 bits per heavy atom. The molecule has 1 aliphatic rings. The third-order valence-electron chi connectivity index (χ3n) is 5.09. The summed E-state index contributed by atoms with van der Waals surface area (Å²) in [6.45, 7) is 2.15. The lowest BCUT2D eigenvalue weighted by atomic mass is 10.1. The minimum Gasteiger partial charge on any atom is -0.437 e. The first-order valence-electron chi connectivity index (χ1n) is 9.56. The molecule has 27 heavy (non-hydrogen) atoms. The molecule has 0 aliphatic carbocycles. The Labute approximate surface area is 157 Å². The maximum Gasteiger partial charge on any atom is 0.353 e. The highest BCUT2D eigenvalue weighted by molar-refractivity contribution is 5.79. The maximum absolute atomic E-state index is 12.4. The Bertz CT molecular complexity index is 974. The van der Waals surface area contributed by atoms with E-state index in [1.807, 2.05) is 18.2 Å². The summed E-state index contributed by atoms with van der Waals surface area (Å²) in [5.41, 5.74) is 2.20.